The number of aromatic hydroxyl groups is 2. The Morgan fingerprint density at radius 2 is 1.52 bits per heavy atom. The lowest BCUT2D eigenvalue weighted by molar-refractivity contribution is -0.0628. The molecule has 0 bridgehead atoms. The van der Waals surface area contributed by atoms with Gasteiger partial charge in [-0.25, -0.2) is 0 Å². The smallest absolute Gasteiger partial charge is 0.160 e. The number of benzene rings is 2. The molecule has 2 aliphatic rings. The van der Waals surface area contributed by atoms with Gasteiger partial charge >= 0.3 is 0 Å². The van der Waals surface area contributed by atoms with Crippen molar-refractivity contribution in [2.75, 3.05) is 27.4 Å². The van der Waals surface area contributed by atoms with Gasteiger partial charge in [0.25, 0.3) is 0 Å². The summed E-state index contributed by atoms with van der Waals surface area (Å²) >= 11 is 0. The summed E-state index contributed by atoms with van der Waals surface area (Å²) in [6, 6.07) is 9.91. The molecule has 0 aromatic heterocycles. The molecular formula is C20H22O7. The Bertz CT molecular complexity index is 852. The normalized spacial score (nSPS) is 29.5. The number of rotatable bonds is 4. The summed E-state index contributed by atoms with van der Waals surface area (Å²) < 4.78 is 22.2. The SMILES string of the molecule is COc1cc([C@H]2OC[C@]3(O)[C@@H](c4ccc(O)c(OC)c4)OC[C@H]23)ccc1O. The minimum Gasteiger partial charge on any atom is -0.504 e. The number of fused-ring (bicyclic) bond motifs is 1. The Balaban J connectivity index is 1.64. The van der Waals surface area contributed by atoms with Gasteiger partial charge in [0.1, 0.15) is 11.7 Å². The van der Waals surface area contributed by atoms with E-state index < -0.39 is 11.7 Å². The highest BCUT2D eigenvalue weighted by Gasteiger charge is 2.59. The van der Waals surface area contributed by atoms with E-state index >= 15 is 0 Å². The Hall–Kier alpha value is -2.48. The van der Waals surface area contributed by atoms with Crippen LogP contribution in [0, 0.1) is 5.92 Å². The van der Waals surface area contributed by atoms with Crippen LogP contribution in [0.25, 0.3) is 0 Å². The molecule has 144 valence electrons. The van der Waals surface area contributed by atoms with Gasteiger partial charge in [-0.15, -0.1) is 0 Å². The maximum absolute atomic E-state index is 11.4. The molecule has 2 aromatic rings. The first-order valence-corrected chi connectivity index (χ1v) is 8.67. The standard InChI is InChI=1S/C20H22O7/c1-24-16-7-11(3-5-14(16)21)18-13-9-26-19(20(13,23)10-27-18)12-4-6-15(22)17(8-12)25-2/h3-8,13,18-19,21-23H,9-10H2,1-2H3/t13-,18-,19-,20-/m1/s1. The van der Waals surface area contributed by atoms with Crippen molar-refractivity contribution in [3.8, 4) is 23.0 Å². The summed E-state index contributed by atoms with van der Waals surface area (Å²) in [6.45, 7) is 0.428. The zero-order valence-corrected chi connectivity index (χ0v) is 15.1. The van der Waals surface area contributed by atoms with Gasteiger partial charge in [-0.05, 0) is 35.4 Å². The van der Waals surface area contributed by atoms with Crippen LogP contribution in [0.4, 0.5) is 0 Å². The fraction of sp³-hybridized carbons (Fsp3) is 0.400. The Kier molecular flexibility index (Phi) is 4.38. The molecule has 0 aliphatic carbocycles. The third-order valence-corrected chi connectivity index (χ3v) is 5.44. The van der Waals surface area contributed by atoms with Crippen molar-refractivity contribution in [2.24, 2.45) is 5.92 Å². The van der Waals surface area contributed by atoms with Crippen LogP contribution in [0.15, 0.2) is 36.4 Å². The molecule has 2 saturated heterocycles. The molecule has 2 aliphatic heterocycles. The first-order chi connectivity index (χ1) is 13.0. The third kappa shape index (κ3) is 2.79. The van der Waals surface area contributed by atoms with E-state index in [1.807, 2.05) is 0 Å². The summed E-state index contributed by atoms with van der Waals surface area (Å²) in [5.74, 6) is 0.467. The highest BCUT2D eigenvalue weighted by Crippen LogP contribution is 2.54. The van der Waals surface area contributed by atoms with Crippen molar-refractivity contribution >= 4 is 0 Å². The summed E-state index contributed by atoms with van der Waals surface area (Å²) in [5, 5.41) is 31.0. The van der Waals surface area contributed by atoms with E-state index in [4.69, 9.17) is 18.9 Å². The topological polar surface area (TPSA) is 97.6 Å². The maximum atomic E-state index is 11.4. The van der Waals surface area contributed by atoms with Crippen LogP contribution in [0.1, 0.15) is 23.3 Å². The van der Waals surface area contributed by atoms with Gasteiger partial charge in [-0.3, -0.25) is 0 Å². The Morgan fingerprint density at radius 1 is 0.926 bits per heavy atom. The lowest BCUT2D eigenvalue weighted by Crippen LogP contribution is -2.39. The zero-order valence-electron chi connectivity index (χ0n) is 15.1. The Morgan fingerprint density at radius 3 is 2.15 bits per heavy atom. The number of ether oxygens (including phenoxy) is 4. The second-order valence-corrected chi connectivity index (χ2v) is 6.91. The molecule has 0 unspecified atom stereocenters. The first-order valence-electron chi connectivity index (χ1n) is 8.67. The molecule has 4 rings (SSSR count). The Labute approximate surface area is 156 Å². The number of methoxy groups -OCH3 is 2. The molecule has 0 saturated carbocycles. The van der Waals surface area contributed by atoms with Crippen LogP contribution in [0.3, 0.4) is 0 Å². The second-order valence-electron chi connectivity index (χ2n) is 6.91. The molecule has 2 aromatic carbocycles. The van der Waals surface area contributed by atoms with Crippen molar-refractivity contribution in [3.63, 3.8) is 0 Å². The fourth-order valence-corrected chi connectivity index (χ4v) is 4.00. The molecule has 0 amide bonds. The fourth-order valence-electron chi connectivity index (χ4n) is 4.00. The largest absolute Gasteiger partial charge is 0.504 e. The van der Waals surface area contributed by atoms with Gasteiger partial charge in [0.05, 0.1) is 33.5 Å². The van der Waals surface area contributed by atoms with Gasteiger partial charge in [0, 0.05) is 5.92 Å². The summed E-state index contributed by atoms with van der Waals surface area (Å²) in [4.78, 5) is 0. The summed E-state index contributed by atoms with van der Waals surface area (Å²) in [5.41, 5.74) is 0.304. The highest BCUT2D eigenvalue weighted by molar-refractivity contribution is 5.45. The number of aliphatic hydroxyl groups is 1. The monoisotopic (exact) mass is 374 g/mol. The molecule has 27 heavy (non-hydrogen) atoms. The van der Waals surface area contributed by atoms with Crippen molar-refractivity contribution in [1.82, 2.24) is 0 Å². The molecule has 7 nitrogen and oxygen atoms in total. The summed E-state index contributed by atoms with van der Waals surface area (Å²) in [6.07, 6.45) is -0.977. The average Bonchev–Trinajstić information content (AvgIpc) is 3.17. The predicted octanol–water partition coefficient (Wildman–Crippen LogP) is 2.31. The molecule has 3 N–H and O–H groups in total. The van der Waals surface area contributed by atoms with Gasteiger partial charge in [0.15, 0.2) is 23.0 Å². The molecule has 2 fully saturated rings. The second kappa shape index (κ2) is 6.60. The van der Waals surface area contributed by atoms with E-state index in [0.717, 1.165) is 5.56 Å². The maximum Gasteiger partial charge on any atom is 0.160 e. The summed E-state index contributed by atoms with van der Waals surface area (Å²) in [7, 11) is 2.95. The predicted molar refractivity (Wildman–Crippen MR) is 95.1 cm³/mol. The van der Waals surface area contributed by atoms with Crippen LogP contribution in [-0.2, 0) is 9.47 Å². The molecule has 0 radical (unpaired) electrons. The van der Waals surface area contributed by atoms with Gasteiger partial charge in [0.2, 0.25) is 0 Å². The van der Waals surface area contributed by atoms with E-state index in [9.17, 15) is 15.3 Å². The van der Waals surface area contributed by atoms with Crippen molar-refractivity contribution < 1.29 is 34.3 Å². The quantitative estimate of drug-likeness (QED) is 0.755. The number of hydrogen-bond acceptors (Lipinski definition) is 7. The number of phenolic OH excluding ortho intramolecular Hbond substituents is 2. The van der Waals surface area contributed by atoms with Crippen LogP contribution >= 0.6 is 0 Å². The average molecular weight is 374 g/mol. The van der Waals surface area contributed by atoms with Crippen LogP contribution in [-0.4, -0.2) is 48.4 Å². The highest BCUT2D eigenvalue weighted by atomic mass is 16.6. The van der Waals surface area contributed by atoms with E-state index in [0.29, 0.717) is 23.7 Å². The molecule has 4 atom stereocenters. The van der Waals surface area contributed by atoms with E-state index in [1.165, 1.54) is 20.3 Å². The lowest BCUT2D eigenvalue weighted by Gasteiger charge is -2.27. The number of phenols is 2. The third-order valence-electron chi connectivity index (χ3n) is 5.44. The van der Waals surface area contributed by atoms with E-state index in [-0.39, 0.29) is 30.1 Å². The van der Waals surface area contributed by atoms with Crippen molar-refractivity contribution in [2.45, 2.75) is 17.8 Å². The van der Waals surface area contributed by atoms with Crippen LogP contribution in [0.2, 0.25) is 0 Å². The van der Waals surface area contributed by atoms with Crippen LogP contribution < -0.4 is 9.47 Å². The van der Waals surface area contributed by atoms with Crippen LogP contribution in [0.5, 0.6) is 23.0 Å². The molecule has 7 heteroatoms. The zero-order chi connectivity index (χ0) is 19.2. The minimum atomic E-state index is -1.21. The molecular weight excluding hydrogens is 352 g/mol. The molecule has 0 spiro atoms. The van der Waals surface area contributed by atoms with E-state index in [2.05, 4.69) is 0 Å². The van der Waals surface area contributed by atoms with Crippen molar-refractivity contribution in [3.05, 3.63) is 47.5 Å². The van der Waals surface area contributed by atoms with E-state index in [1.54, 1.807) is 30.3 Å². The van der Waals surface area contributed by atoms with Crippen molar-refractivity contribution in [1.29, 1.82) is 0 Å². The molecule has 2 heterocycles. The van der Waals surface area contributed by atoms with Gasteiger partial charge in [-0.2, -0.15) is 0 Å². The number of hydrogen-bond donors (Lipinski definition) is 3. The van der Waals surface area contributed by atoms with Gasteiger partial charge in [-0.1, -0.05) is 12.1 Å². The first kappa shape index (κ1) is 17.9. The lowest BCUT2D eigenvalue weighted by atomic mass is 9.81. The van der Waals surface area contributed by atoms with Gasteiger partial charge < -0.3 is 34.3 Å². The minimum absolute atomic E-state index is 0.0273.